The maximum atomic E-state index is 9.19. The Balaban J connectivity index is 2.41. The van der Waals surface area contributed by atoms with Gasteiger partial charge in [0, 0.05) is 5.46 Å². The maximum Gasteiger partial charge on any atom is 0.496 e. The molecule has 0 radical (unpaired) electrons. The highest BCUT2D eigenvalue weighted by Gasteiger charge is 2.52. The van der Waals surface area contributed by atoms with E-state index >= 15 is 0 Å². The molecule has 2 rings (SSSR count). The summed E-state index contributed by atoms with van der Waals surface area (Å²) in [6.45, 7) is 7.84. The molecule has 1 aromatic rings. The van der Waals surface area contributed by atoms with Gasteiger partial charge in [-0.05, 0) is 39.8 Å². The molecule has 1 aliphatic heterocycles. The second-order valence-corrected chi connectivity index (χ2v) is 5.61. The van der Waals surface area contributed by atoms with Gasteiger partial charge in [-0.25, -0.2) is 0 Å². The monoisotopic (exact) mass is 254 g/mol. The molecule has 0 bridgehead atoms. The third kappa shape index (κ3) is 2.23. The molecule has 0 aromatic heterocycles. The zero-order valence-corrected chi connectivity index (χ0v) is 11.5. The van der Waals surface area contributed by atoms with Crippen molar-refractivity contribution < 1.29 is 9.31 Å². The fraction of sp³-hybridized carbons (Fsp3) is 0.429. The molecule has 0 N–H and O–H groups in total. The quantitative estimate of drug-likeness (QED) is 0.716. The molecule has 1 aromatic carbocycles. The average molecular weight is 254 g/mol. The topological polar surface area (TPSA) is 66.0 Å². The minimum absolute atomic E-state index is 0.414. The molecular formula is C14H15BN2O2. The molecule has 19 heavy (non-hydrogen) atoms. The van der Waals surface area contributed by atoms with Crippen molar-refractivity contribution in [3.63, 3.8) is 0 Å². The van der Waals surface area contributed by atoms with E-state index in [1.165, 1.54) is 0 Å². The molecule has 0 spiro atoms. The van der Waals surface area contributed by atoms with Gasteiger partial charge >= 0.3 is 7.12 Å². The molecule has 0 saturated carbocycles. The first-order valence-corrected chi connectivity index (χ1v) is 6.10. The van der Waals surface area contributed by atoms with E-state index in [4.69, 9.17) is 14.6 Å². The van der Waals surface area contributed by atoms with Crippen molar-refractivity contribution in [2.75, 3.05) is 0 Å². The van der Waals surface area contributed by atoms with Crippen LogP contribution in [0.15, 0.2) is 18.2 Å². The highest BCUT2D eigenvalue weighted by molar-refractivity contribution is 6.62. The SMILES string of the molecule is CC1(C)OB(c2ccc(C#N)cc2C#N)OC1(C)C. The molecule has 0 unspecified atom stereocenters. The summed E-state index contributed by atoms with van der Waals surface area (Å²) in [5.74, 6) is 0. The lowest BCUT2D eigenvalue weighted by Crippen LogP contribution is -2.41. The van der Waals surface area contributed by atoms with Crippen molar-refractivity contribution in [1.82, 2.24) is 0 Å². The third-order valence-electron chi connectivity index (χ3n) is 3.81. The molecule has 0 atom stereocenters. The summed E-state index contributed by atoms with van der Waals surface area (Å²) < 4.78 is 11.8. The van der Waals surface area contributed by atoms with Gasteiger partial charge in [-0.3, -0.25) is 0 Å². The Morgan fingerprint density at radius 3 is 2.05 bits per heavy atom. The van der Waals surface area contributed by atoms with E-state index in [1.54, 1.807) is 18.2 Å². The van der Waals surface area contributed by atoms with Crippen LogP contribution >= 0.6 is 0 Å². The molecule has 5 heteroatoms. The van der Waals surface area contributed by atoms with E-state index in [9.17, 15) is 5.26 Å². The number of hydrogen-bond donors (Lipinski definition) is 0. The summed E-state index contributed by atoms with van der Waals surface area (Å²) in [4.78, 5) is 0. The summed E-state index contributed by atoms with van der Waals surface area (Å²) in [5.41, 5.74) is 0.644. The first-order valence-electron chi connectivity index (χ1n) is 6.10. The van der Waals surface area contributed by atoms with Crippen LogP contribution in [0.3, 0.4) is 0 Å². The first-order chi connectivity index (χ1) is 8.80. The first kappa shape index (κ1) is 13.6. The highest BCUT2D eigenvalue weighted by atomic mass is 16.7. The van der Waals surface area contributed by atoms with E-state index in [2.05, 4.69) is 6.07 Å². The van der Waals surface area contributed by atoms with Crippen LogP contribution in [0, 0.1) is 22.7 Å². The van der Waals surface area contributed by atoms with Gasteiger partial charge in [-0.15, -0.1) is 0 Å². The van der Waals surface area contributed by atoms with Crippen molar-refractivity contribution in [2.45, 2.75) is 38.9 Å². The minimum Gasteiger partial charge on any atom is -0.399 e. The van der Waals surface area contributed by atoms with E-state index in [1.807, 2.05) is 33.8 Å². The Bertz CT molecular complexity index is 580. The molecule has 4 nitrogen and oxygen atoms in total. The predicted octanol–water partition coefficient (Wildman–Crippen LogP) is 1.73. The molecule has 0 amide bonds. The Hall–Kier alpha value is -1.82. The zero-order valence-electron chi connectivity index (χ0n) is 11.5. The standard InChI is InChI=1S/C14H15BN2O2/c1-13(2)14(3,4)19-15(18-13)12-6-5-10(8-16)7-11(12)9-17/h5-7H,1-4H3. The van der Waals surface area contributed by atoms with Crippen molar-refractivity contribution in [3.8, 4) is 12.1 Å². The van der Waals surface area contributed by atoms with Gasteiger partial charge in [0.25, 0.3) is 0 Å². The van der Waals surface area contributed by atoms with E-state index < -0.39 is 18.3 Å². The molecule has 1 fully saturated rings. The van der Waals surface area contributed by atoms with Crippen LogP contribution in [0.4, 0.5) is 0 Å². The van der Waals surface area contributed by atoms with Crippen molar-refractivity contribution in [3.05, 3.63) is 29.3 Å². The van der Waals surface area contributed by atoms with E-state index in [0.717, 1.165) is 0 Å². The third-order valence-corrected chi connectivity index (χ3v) is 3.81. The normalized spacial score (nSPS) is 19.8. The second-order valence-electron chi connectivity index (χ2n) is 5.61. The molecule has 1 heterocycles. The molecule has 1 aliphatic rings. The van der Waals surface area contributed by atoms with Gasteiger partial charge in [0.15, 0.2) is 0 Å². The van der Waals surface area contributed by atoms with Gasteiger partial charge in [0.05, 0.1) is 34.5 Å². The van der Waals surface area contributed by atoms with E-state index in [-0.39, 0.29) is 0 Å². The zero-order chi connectivity index (χ0) is 14.3. The largest absolute Gasteiger partial charge is 0.496 e. The van der Waals surface area contributed by atoms with Crippen LogP contribution in [0.25, 0.3) is 0 Å². The second kappa shape index (κ2) is 4.38. The lowest BCUT2D eigenvalue weighted by Gasteiger charge is -2.32. The predicted molar refractivity (Wildman–Crippen MR) is 71.6 cm³/mol. The van der Waals surface area contributed by atoms with Crippen molar-refractivity contribution >= 4 is 12.6 Å². The van der Waals surface area contributed by atoms with Gasteiger partial charge in [0.1, 0.15) is 0 Å². The van der Waals surface area contributed by atoms with Crippen LogP contribution in [0.5, 0.6) is 0 Å². The maximum absolute atomic E-state index is 9.19. The average Bonchev–Trinajstić information content (AvgIpc) is 2.57. The van der Waals surface area contributed by atoms with Crippen LogP contribution in [-0.4, -0.2) is 18.3 Å². The fourth-order valence-corrected chi connectivity index (χ4v) is 1.90. The van der Waals surface area contributed by atoms with Crippen LogP contribution in [-0.2, 0) is 9.31 Å². The lowest BCUT2D eigenvalue weighted by atomic mass is 9.76. The number of hydrogen-bond acceptors (Lipinski definition) is 4. The highest BCUT2D eigenvalue weighted by Crippen LogP contribution is 2.36. The Morgan fingerprint density at radius 1 is 1.00 bits per heavy atom. The Labute approximate surface area is 113 Å². The molecule has 0 aliphatic carbocycles. The Kier molecular flexibility index (Phi) is 3.14. The summed E-state index contributed by atoms with van der Waals surface area (Å²) in [7, 11) is -0.576. The lowest BCUT2D eigenvalue weighted by molar-refractivity contribution is 0.00578. The molecular weight excluding hydrogens is 239 g/mol. The van der Waals surface area contributed by atoms with Crippen molar-refractivity contribution in [2.24, 2.45) is 0 Å². The van der Waals surface area contributed by atoms with Gasteiger partial charge in [0.2, 0.25) is 0 Å². The summed E-state index contributed by atoms with van der Waals surface area (Å²) in [6.07, 6.45) is 0. The summed E-state index contributed by atoms with van der Waals surface area (Å²) in [6, 6.07) is 9.06. The van der Waals surface area contributed by atoms with Gasteiger partial charge in [-0.2, -0.15) is 10.5 Å². The van der Waals surface area contributed by atoms with Gasteiger partial charge in [-0.1, -0.05) is 6.07 Å². The van der Waals surface area contributed by atoms with Gasteiger partial charge < -0.3 is 9.31 Å². The number of nitriles is 2. The summed E-state index contributed by atoms with van der Waals surface area (Å²) >= 11 is 0. The fourth-order valence-electron chi connectivity index (χ4n) is 1.90. The van der Waals surface area contributed by atoms with Crippen LogP contribution < -0.4 is 5.46 Å². The Morgan fingerprint density at radius 2 is 1.58 bits per heavy atom. The smallest absolute Gasteiger partial charge is 0.399 e. The van der Waals surface area contributed by atoms with Crippen LogP contribution in [0.1, 0.15) is 38.8 Å². The van der Waals surface area contributed by atoms with Crippen molar-refractivity contribution in [1.29, 1.82) is 10.5 Å². The van der Waals surface area contributed by atoms with E-state index in [0.29, 0.717) is 16.6 Å². The van der Waals surface area contributed by atoms with Crippen LogP contribution in [0.2, 0.25) is 0 Å². The number of benzene rings is 1. The molecule has 96 valence electrons. The minimum atomic E-state index is -0.576. The number of nitrogens with zero attached hydrogens (tertiary/aromatic N) is 2. The number of rotatable bonds is 1. The summed E-state index contributed by atoms with van der Waals surface area (Å²) in [5, 5.41) is 18.0. The molecule has 1 saturated heterocycles.